The molecule has 0 amide bonds. The summed E-state index contributed by atoms with van der Waals surface area (Å²) in [6, 6.07) is 15.3. The number of anilines is 1. The van der Waals surface area contributed by atoms with E-state index in [0.29, 0.717) is 10.8 Å². The first kappa shape index (κ1) is 20.0. The van der Waals surface area contributed by atoms with Gasteiger partial charge in [-0.15, -0.1) is 0 Å². The molecule has 0 unspecified atom stereocenters. The third-order valence-electron chi connectivity index (χ3n) is 4.77. The maximum atomic E-state index is 13.3. The Morgan fingerprint density at radius 1 is 1.19 bits per heavy atom. The van der Waals surface area contributed by atoms with Crippen molar-refractivity contribution in [3.8, 4) is 0 Å². The Bertz CT molecular complexity index is 771. The fourth-order valence-corrected chi connectivity index (χ4v) is 4.00. The van der Waals surface area contributed by atoms with Crippen LogP contribution in [0.5, 0.6) is 0 Å². The summed E-state index contributed by atoms with van der Waals surface area (Å²) in [6.07, 6.45) is 0. The minimum atomic E-state index is -0.450. The van der Waals surface area contributed by atoms with Gasteiger partial charge in [0.1, 0.15) is 24.9 Å². The Balaban J connectivity index is 1.70. The van der Waals surface area contributed by atoms with Gasteiger partial charge in [0, 0.05) is 11.3 Å². The Kier molecular flexibility index (Phi) is 7.01. The minimum absolute atomic E-state index is 0.0655. The average molecular weight is 409 g/mol. The average Bonchev–Trinajstić information content (AvgIpc) is 2.66. The molecule has 0 saturated carbocycles. The summed E-state index contributed by atoms with van der Waals surface area (Å²) >= 11 is 11.3. The molecule has 1 heterocycles. The van der Waals surface area contributed by atoms with Gasteiger partial charge >= 0.3 is 0 Å². The van der Waals surface area contributed by atoms with E-state index >= 15 is 0 Å². The van der Waals surface area contributed by atoms with E-state index in [1.54, 1.807) is 6.07 Å². The molecule has 2 aromatic carbocycles. The van der Waals surface area contributed by atoms with E-state index < -0.39 is 5.82 Å². The Labute approximate surface area is 169 Å². The molecule has 1 fully saturated rings. The molecular formula is C20H24ClFN3OS+. The number of hydrogen-bond acceptors (Lipinski definition) is 2. The van der Waals surface area contributed by atoms with Gasteiger partial charge in [-0.05, 0) is 37.3 Å². The van der Waals surface area contributed by atoms with Crippen LogP contribution in [0.4, 0.5) is 10.1 Å². The molecule has 2 atom stereocenters. The van der Waals surface area contributed by atoms with Gasteiger partial charge in [-0.2, -0.15) is 0 Å². The second kappa shape index (κ2) is 9.46. The molecule has 3 N–H and O–H groups in total. The fourth-order valence-electron chi connectivity index (χ4n) is 3.51. The number of thiocarbonyl (C=S) groups is 1. The van der Waals surface area contributed by atoms with Gasteiger partial charge in [0.05, 0.1) is 24.3 Å². The first-order chi connectivity index (χ1) is 13.0. The molecule has 1 aliphatic heterocycles. The Morgan fingerprint density at radius 3 is 2.56 bits per heavy atom. The summed E-state index contributed by atoms with van der Waals surface area (Å²) in [5.74, 6) is -0.450. The molecule has 0 bridgehead atoms. The van der Waals surface area contributed by atoms with E-state index in [2.05, 4.69) is 41.8 Å². The zero-order valence-electron chi connectivity index (χ0n) is 15.2. The van der Waals surface area contributed by atoms with Crippen molar-refractivity contribution in [2.24, 2.45) is 0 Å². The van der Waals surface area contributed by atoms with Crippen molar-refractivity contribution < 1.29 is 14.0 Å². The fraction of sp³-hybridized carbons (Fsp3) is 0.350. The van der Waals surface area contributed by atoms with Crippen LogP contribution in [0.1, 0.15) is 18.5 Å². The van der Waals surface area contributed by atoms with Crippen molar-refractivity contribution in [3.63, 3.8) is 0 Å². The summed E-state index contributed by atoms with van der Waals surface area (Å²) in [5, 5.41) is 7.02. The normalized spacial score (nSPS) is 17.1. The Hall–Kier alpha value is -1.73. The SMILES string of the molecule is C[C@@H](NC(=S)Nc1ccc(F)c(Cl)c1)[C@@H](c1ccccc1)[NH+]1CCOCC1. The second-order valence-electron chi connectivity index (χ2n) is 6.68. The molecular weight excluding hydrogens is 385 g/mol. The third-order valence-corrected chi connectivity index (χ3v) is 5.28. The zero-order valence-corrected chi connectivity index (χ0v) is 16.7. The van der Waals surface area contributed by atoms with E-state index in [9.17, 15) is 4.39 Å². The van der Waals surface area contributed by atoms with Crippen LogP contribution in [-0.4, -0.2) is 37.5 Å². The number of morpholine rings is 1. The second-order valence-corrected chi connectivity index (χ2v) is 7.49. The summed E-state index contributed by atoms with van der Waals surface area (Å²) < 4.78 is 18.8. The van der Waals surface area contributed by atoms with Crippen molar-refractivity contribution in [2.45, 2.75) is 19.0 Å². The Morgan fingerprint density at radius 2 is 1.89 bits per heavy atom. The predicted molar refractivity (Wildman–Crippen MR) is 111 cm³/mol. The highest BCUT2D eigenvalue weighted by Gasteiger charge is 2.31. The van der Waals surface area contributed by atoms with Crippen molar-refractivity contribution in [1.82, 2.24) is 5.32 Å². The predicted octanol–water partition coefficient (Wildman–Crippen LogP) is 2.81. The molecule has 144 valence electrons. The van der Waals surface area contributed by atoms with Gasteiger partial charge in [-0.1, -0.05) is 41.9 Å². The summed E-state index contributed by atoms with van der Waals surface area (Å²) in [5.41, 5.74) is 1.92. The highest BCUT2D eigenvalue weighted by atomic mass is 35.5. The maximum absolute atomic E-state index is 13.3. The molecule has 0 aliphatic carbocycles. The number of quaternary nitrogens is 1. The van der Waals surface area contributed by atoms with Crippen LogP contribution in [0.3, 0.4) is 0 Å². The first-order valence-electron chi connectivity index (χ1n) is 9.04. The van der Waals surface area contributed by atoms with Crippen molar-refractivity contribution in [1.29, 1.82) is 0 Å². The molecule has 0 spiro atoms. The van der Waals surface area contributed by atoms with Gasteiger partial charge in [0.2, 0.25) is 0 Å². The topological polar surface area (TPSA) is 37.7 Å². The largest absolute Gasteiger partial charge is 0.370 e. The quantitative estimate of drug-likeness (QED) is 0.665. The van der Waals surface area contributed by atoms with Crippen LogP contribution in [0.25, 0.3) is 0 Å². The molecule has 0 aromatic heterocycles. The van der Waals surface area contributed by atoms with Crippen molar-refractivity contribution >= 4 is 34.6 Å². The van der Waals surface area contributed by atoms with E-state index in [1.807, 2.05) is 6.07 Å². The van der Waals surface area contributed by atoms with Crippen LogP contribution < -0.4 is 15.5 Å². The van der Waals surface area contributed by atoms with Crippen LogP contribution in [-0.2, 0) is 4.74 Å². The van der Waals surface area contributed by atoms with Crippen LogP contribution in [0, 0.1) is 5.82 Å². The van der Waals surface area contributed by atoms with E-state index in [4.69, 9.17) is 28.6 Å². The van der Waals surface area contributed by atoms with Crippen LogP contribution in [0.15, 0.2) is 48.5 Å². The maximum Gasteiger partial charge on any atom is 0.171 e. The first-order valence-corrected chi connectivity index (χ1v) is 9.83. The summed E-state index contributed by atoms with van der Waals surface area (Å²) in [7, 11) is 0. The number of halogens is 2. The van der Waals surface area contributed by atoms with Crippen molar-refractivity contribution in [3.05, 3.63) is 64.9 Å². The summed E-state index contributed by atoms with van der Waals surface area (Å²) in [4.78, 5) is 1.47. The smallest absolute Gasteiger partial charge is 0.171 e. The van der Waals surface area contributed by atoms with Gasteiger partial charge in [0.25, 0.3) is 0 Å². The molecule has 27 heavy (non-hydrogen) atoms. The molecule has 4 nitrogen and oxygen atoms in total. The van der Waals surface area contributed by atoms with Gasteiger partial charge in [0.15, 0.2) is 5.11 Å². The van der Waals surface area contributed by atoms with E-state index in [-0.39, 0.29) is 17.1 Å². The highest BCUT2D eigenvalue weighted by molar-refractivity contribution is 7.80. The number of benzene rings is 2. The van der Waals surface area contributed by atoms with Gasteiger partial charge in [-0.25, -0.2) is 4.39 Å². The van der Waals surface area contributed by atoms with E-state index in [0.717, 1.165) is 26.3 Å². The lowest BCUT2D eigenvalue weighted by atomic mass is 9.98. The highest BCUT2D eigenvalue weighted by Crippen LogP contribution is 2.19. The van der Waals surface area contributed by atoms with Gasteiger partial charge < -0.3 is 20.3 Å². The third kappa shape index (κ3) is 5.39. The summed E-state index contributed by atoms with van der Waals surface area (Å²) in [6.45, 7) is 5.58. The van der Waals surface area contributed by atoms with Crippen LogP contribution >= 0.6 is 23.8 Å². The molecule has 1 saturated heterocycles. The van der Waals surface area contributed by atoms with Crippen LogP contribution in [0.2, 0.25) is 5.02 Å². The monoisotopic (exact) mass is 408 g/mol. The lowest BCUT2D eigenvalue weighted by molar-refractivity contribution is -0.940. The molecule has 0 radical (unpaired) electrons. The zero-order chi connectivity index (χ0) is 19.2. The van der Waals surface area contributed by atoms with Gasteiger partial charge in [-0.3, -0.25) is 0 Å². The molecule has 7 heteroatoms. The number of nitrogens with one attached hydrogen (secondary N) is 3. The molecule has 2 aromatic rings. The van der Waals surface area contributed by atoms with E-state index in [1.165, 1.54) is 22.6 Å². The van der Waals surface area contributed by atoms with Crippen molar-refractivity contribution in [2.75, 3.05) is 31.6 Å². The molecule has 1 aliphatic rings. The standard InChI is InChI=1S/C20H23ClFN3OS/c1-14(23-20(27)24-16-7-8-18(22)17(21)13-16)19(15-5-3-2-4-6-15)25-9-11-26-12-10-25/h2-8,13-14,19H,9-12H2,1H3,(H2,23,24,27)/p+1/t14-,19+/m1/s1. The minimum Gasteiger partial charge on any atom is -0.370 e. The lowest BCUT2D eigenvalue weighted by Crippen LogP contribution is -3.15. The molecule has 3 rings (SSSR count). The number of ether oxygens (including phenoxy) is 1. The lowest BCUT2D eigenvalue weighted by Gasteiger charge is -2.35. The number of rotatable bonds is 5. The number of hydrogen-bond donors (Lipinski definition) is 3.